The molecule has 0 fully saturated rings. The molecule has 0 heterocycles. The van der Waals surface area contributed by atoms with Crippen LogP contribution in [0.4, 0.5) is 4.39 Å². The lowest BCUT2D eigenvalue weighted by Crippen LogP contribution is -2.43. The average molecular weight is 560 g/mol. The molecule has 0 saturated heterocycles. The highest BCUT2D eigenvalue weighted by Gasteiger charge is 2.23. The summed E-state index contributed by atoms with van der Waals surface area (Å²) < 4.78 is 30.2. The van der Waals surface area contributed by atoms with Crippen LogP contribution in [0.3, 0.4) is 0 Å². The minimum Gasteiger partial charge on any atom is -0.493 e. The molecule has 0 aromatic heterocycles. The van der Waals surface area contributed by atoms with Crippen molar-refractivity contribution >= 4 is 23.6 Å². The number of halogens is 1. The van der Waals surface area contributed by atoms with Crippen molar-refractivity contribution in [3.05, 3.63) is 126 Å². The van der Waals surface area contributed by atoms with Crippen LogP contribution in [0, 0.1) is 5.82 Å². The van der Waals surface area contributed by atoms with Crippen molar-refractivity contribution in [1.82, 2.24) is 5.32 Å². The first-order valence-electron chi connectivity index (χ1n) is 12.8. The van der Waals surface area contributed by atoms with E-state index in [1.54, 1.807) is 42.5 Å². The number of esters is 1. The SMILES string of the molecule is COC(=O)C(Cc1ccc(OCc2ccccc2)cc1)NC(=O)c1ccc(OCCSc2ccccc2F)cc1. The zero-order valence-corrected chi connectivity index (χ0v) is 22.9. The number of ether oxygens (including phenoxy) is 3. The predicted molar refractivity (Wildman–Crippen MR) is 153 cm³/mol. The molecular formula is C32H30FNO5S. The maximum atomic E-state index is 13.7. The quantitative estimate of drug-likeness (QED) is 0.121. The number of amides is 1. The highest BCUT2D eigenvalue weighted by atomic mass is 32.2. The Morgan fingerprint density at radius 1 is 0.800 bits per heavy atom. The number of carbonyl (C=O) groups excluding carboxylic acids is 2. The van der Waals surface area contributed by atoms with Crippen molar-refractivity contribution in [2.75, 3.05) is 19.5 Å². The van der Waals surface area contributed by atoms with Gasteiger partial charge in [-0.05, 0) is 59.7 Å². The first-order chi connectivity index (χ1) is 19.5. The van der Waals surface area contributed by atoms with Crippen LogP contribution in [0.25, 0.3) is 0 Å². The van der Waals surface area contributed by atoms with E-state index in [-0.39, 0.29) is 12.2 Å². The van der Waals surface area contributed by atoms with E-state index < -0.39 is 17.9 Å². The molecule has 1 unspecified atom stereocenters. The number of thioether (sulfide) groups is 1. The summed E-state index contributed by atoms with van der Waals surface area (Å²) >= 11 is 1.37. The summed E-state index contributed by atoms with van der Waals surface area (Å²) in [6, 6.07) is 29.6. The lowest BCUT2D eigenvalue weighted by atomic mass is 10.0. The molecule has 1 amide bonds. The minimum absolute atomic E-state index is 0.252. The van der Waals surface area contributed by atoms with E-state index in [2.05, 4.69) is 5.32 Å². The fraction of sp³-hybridized carbons (Fsp3) is 0.188. The molecule has 4 rings (SSSR count). The van der Waals surface area contributed by atoms with E-state index in [1.165, 1.54) is 24.9 Å². The van der Waals surface area contributed by atoms with Crippen LogP contribution in [-0.2, 0) is 22.6 Å². The Labute approximate surface area is 237 Å². The Bertz CT molecular complexity index is 1380. The molecule has 1 N–H and O–H groups in total. The number of benzene rings is 4. The van der Waals surface area contributed by atoms with E-state index in [4.69, 9.17) is 14.2 Å². The molecule has 8 heteroatoms. The molecule has 0 radical (unpaired) electrons. The van der Waals surface area contributed by atoms with Gasteiger partial charge in [0.05, 0.1) is 13.7 Å². The minimum atomic E-state index is -0.861. The van der Waals surface area contributed by atoms with E-state index >= 15 is 0 Å². The van der Waals surface area contributed by atoms with Gasteiger partial charge in [-0.25, -0.2) is 9.18 Å². The van der Waals surface area contributed by atoms with Crippen LogP contribution < -0.4 is 14.8 Å². The van der Waals surface area contributed by atoms with Gasteiger partial charge in [0.2, 0.25) is 0 Å². The number of hydrogen-bond donors (Lipinski definition) is 1. The molecule has 0 aliphatic heterocycles. The summed E-state index contributed by atoms with van der Waals surface area (Å²) in [6.45, 7) is 0.836. The average Bonchev–Trinajstić information content (AvgIpc) is 2.99. The maximum Gasteiger partial charge on any atom is 0.328 e. The van der Waals surface area contributed by atoms with Crippen LogP contribution in [0.1, 0.15) is 21.5 Å². The zero-order valence-electron chi connectivity index (χ0n) is 22.0. The van der Waals surface area contributed by atoms with Crippen LogP contribution in [0.15, 0.2) is 108 Å². The van der Waals surface area contributed by atoms with E-state index in [0.717, 1.165) is 11.1 Å². The normalized spacial score (nSPS) is 11.3. The van der Waals surface area contributed by atoms with Crippen molar-refractivity contribution in [3.8, 4) is 11.5 Å². The lowest BCUT2D eigenvalue weighted by Gasteiger charge is -2.17. The standard InChI is InChI=1S/C32H30FNO5S/c1-37-32(36)29(21-23-11-15-27(16-12-23)39-22-24-7-3-2-4-8-24)34-31(35)25-13-17-26(18-14-25)38-19-20-40-30-10-6-5-9-28(30)33/h2-18,29H,19-22H2,1H3,(H,34,35). The molecule has 206 valence electrons. The molecule has 6 nitrogen and oxygen atoms in total. The second kappa shape index (κ2) is 14.7. The maximum absolute atomic E-state index is 13.7. The van der Waals surface area contributed by atoms with Gasteiger partial charge >= 0.3 is 5.97 Å². The first kappa shape index (κ1) is 28.7. The van der Waals surface area contributed by atoms with Crippen LogP contribution in [0.5, 0.6) is 11.5 Å². The fourth-order valence-corrected chi connectivity index (χ4v) is 4.62. The molecule has 0 saturated carbocycles. The molecule has 40 heavy (non-hydrogen) atoms. The highest BCUT2D eigenvalue weighted by molar-refractivity contribution is 7.99. The Morgan fingerprint density at radius 3 is 2.15 bits per heavy atom. The van der Waals surface area contributed by atoms with E-state index in [9.17, 15) is 14.0 Å². The summed E-state index contributed by atoms with van der Waals surface area (Å²) in [7, 11) is 1.29. The van der Waals surface area contributed by atoms with Crippen molar-refractivity contribution in [1.29, 1.82) is 0 Å². The van der Waals surface area contributed by atoms with Crippen LogP contribution in [0.2, 0.25) is 0 Å². The largest absolute Gasteiger partial charge is 0.493 e. The van der Waals surface area contributed by atoms with Gasteiger partial charge in [-0.1, -0.05) is 54.6 Å². The zero-order chi connectivity index (χ0) is 28.2. The number of rotatable bonds is 13. The second-order valence-electron chi connectivity index (χ2n) is 8.82. The van der Waals surface area contributed by atoms with Crippen LogP contribution >= 0.6 is 11.8 Å². The summed E-state index contributed by atoms with van der Waals surface area (Å²) in [4.78, 5) is 25.9. The third kappa shape index (κ3) is 8.61. The third-order valence-corrected chi connectivity index (χ3v) is 6.98. The molecule has 4 aromatic carbocycles. The van der Waals surface area contributed by atoms with Gasteiger partial charge in [0, 0.05) is 22.6 Å². The van der Waals surface area contributed by atoms with Crippen molar-refractivity contribution in [3.63, 3.8) is 0 Å². The number of nitrogens with one attached hydrogen (secondary N) is 1. The van der Waals surface area contributed by atoms with Gasteiger partial charge in [-0.2, -0.15) is 0 Å². The van der Waals surface area contributed by atoms with Crippen LogP contribution in [-0.4, -0.2) is 37.4 Å². The monoisotopic (exact) mass is 559 g/mol. The summed E-state index contributed by atoms with van der Waals surface area (Å²) in [5.41, 5.74) is 2.30. The number of hydrogen-bond acceptors (Lipinski definition) is 6. The molecular weight excluding hydrogens is 529 g/mol. The third-order valence-electron chi connectivity index (χ3n) is 5.97. The second-order valence-corrected chi connectivity index (χ2v) is 9.96. The molecule has 1 atom stereocenters. The fourth-order valence-electron chi connectivity index (χ4n) is 3.85. The Kier molecular flexibility index (Phi) is 10.6. The summed E-state index contributed by atoms with van der Waals surface area (Å²) in [5.74, 6) is 0.677. The van der Waals surface area contributed by atoms with Gasteiger partial charge in [0.15, 0.2) is 0 Å². The number of carbonyl (C=O) groups is 2. The Morgan fingerprint density at radius 2 is 1.45 bits per heavy atom. The van der Waals surface area contributed by atoms with Crippen molar-refractivity contribution in [2.45, 2.75) is 24.0 Å². The Balaban J connectivity index is 1.27. The predicted octanol–water partition coefficient (Wildman–Crippen LogP) is 6.09. The molecule has 0 aliphatic rings. The van der Waals surface area contributed by atoms with E-state index in [1.807, 2.05) is 54.6 Å². The summed E-state index contributed by atoms with van der Waals surface area (Å²) in [5, 5.41) is 2.76. The van der Waals surface area contributed by atoms with Gasteiger partial charge < -0.3 is 19.5 Å². The van der Waals surface area contributed by atoms with Gasteiger partial charge in [-0.3, -0.25) is 4.79 Å². The Hall–Kier alpha value is -4.30. The van der Waals surface area contributed by atoms with Gasteiger partial charge in [0.25, 0.3) is 5.91 Å². The molecule has 0 bridgehead atoms. The molecule has 0 aliphatic carbocycles. The number of methoxy groups -OCH3 is 1. The lowest BCUT2D eigenvalue weighted by molar-refractivity contribution is -0.142. The van der Waals surface area contributed by atoms with E-state index in [0.29, 0.717) is 40.9 Å². The van der Waals surface area contributed by atoms with Crippen molar-refractivity contribution < 1.29 is 28.2 Å². The molecule has 4 aromatic rings. The smallest absolute Gasteiger partial charge is 0.328 e. The topological polar surface area (TPSA) is 73.9 Å². The molecule has 0 spiro atoms. The summed E-state index contributed by atoms with van der Waals surface area (Å²) in [6.07, 6.45) is 0.262. The highest BCUT2D eigenvalue weighted by Crippen LogP contribution is 2.21. The van der Waals surface area contributed by atoms with Crippen molar-refractivity contribution in [2.24, 2.45) is 0 Å². The first-order valence-corrected chi connectivity index (χ1v) is 13.7. The van der Waals surface area contributed by atoms with Gasteiger partial charge in [-0.15, -0.1) is 11.8 Å². The van der Waals surface area contributed by atoms with Gasteiger partial charge in [0.1, 0.15) is 30.0 Å².